The van der Waals surface area contributed by atoms with Gasteiger partial charge in [-0.05, 0) is 24.3 Å². The molecule has 0 amide bonds. The molecule has 1 aromatic carbocycles. The van der Waals surface area contributed by atoms with E-state index in [0.717, 1.165) is 29.8 Å². The number of nitrogens with one attached hydrogen (secondary N) is 1. The van der Waals surface area contributed by atoms with E-state index < -0.39 is 0 Å². The molecule has 86 valence electrons. The van der Waals surface area contributed by atoms with Gasteiger partial charge >= 0.3 is 0 Å². The van der Waals surface area contributed by atoms with Gasteiger partial charge in [0.05, 0.1) is 11.4 Å². The number of benzene rings is 1. The average molecular weight is 248 g/mol. The largest absolute Gasteiger partial charge is 0.307 e. The third-order valence-corrected chi connectivity index (χ3v) is 3.15. The van der Waals surface area contributed by atoms with E-state index in [0.29, 0.717) is 17.3 Å². The average Bonchev–Trinajstić information content (AvgIpc) is 2.91. The number of carbonyl (C=O) groups excluding carboxylic acids is 1. The van der Waals surface area contributed by atoms with E-state index in [1.165, 1.54) is 0 Å². The Kier molecular flexibility index (Phi) is 2.46. The SMILES string of the molecule is O=Cc1nn(-c2ccc(Cl)cc2)c2c1CNC2. The molecule has 0 saturated carbocycles. The first-order valence-electron chi connectivity index (χ1n) is 5.32. The minimum absolute atomic E-state index is 0.514. The van der Waals surface area contributed by atoms with Crippen LogP contribution in [0.3, 0.4) is 0 Å². The molecule has 0 fully saturated rings. The van der Waals surface area contributed by atoms with Crippen LogP contribution in [0.5, 0.6) is 0 Å². The molecule has 3 rings (SSSR count). The highest BCUT2D eigenvalue weighted by Crippen LogP contribution is 2.22. The highest BCUT2D eigenvalue weighted by atomic mass is 35.5. The second kappa shape index (κ2) is 3.98. The predicted octanol–water partition coefficient (Wildman–Crippen LogP) is 1.94. The second-order valence-corrected chi connectivity index (χ2v) is 4.36. The van der Waals surface area contributed by atoms with Crippen molar-refractivity contribution >= 4 is 17.9 Å². The van der Waals surface area contributed by atoms with Gasteiger partial charge in [-0.15, -0.1) is 0 Å². The van der Waals surface area contributed by atoms with Gasteiger partial charge in [-0.3, -0.25) is 4.79 Å². The quantitative estimate of drug-likeness (QED) is 0.825. The Morgan fingerprint density at radius 3 is 2.76 bits per heavy atom. The zero-order chi connectivity index (χ0) is 11.8. The molecule has 1 N–H and O–H groups in total. The van der Waals surface area contributed by atoms with Crippen molar-refractivity contribution in [2.45, 2.75) is 13.1 Å². The molecule has 2 aromatic rings. The molecule has 0 atom stereocenters. The summed E-state index contributed by atoms with van der Waals surface area (Å²) in [5.41, 5.74) is 3.48. The molecule has 1 aliphatic rings. The fourth-order valence-electron chi connectivity index (χ4n) is 2.07. The molecule has 0 spiro atoms. The highest BCUT2D eigenvalue weighted by Gasteiger charge is 2.22. The van der Waals surface area contributed by atoms with Gasteiger partial charge in [0.15, 0.2) is 6.29 Å². The third-order valence-electron chi connectivity index (χ3n) is 2.90. The predicted molar refractivity (Wildman–Crippen MR) is 64.5 cm³/mol. The topological polar surface area (TPSA) is 46.9 Å². The summed E-state index contributed by atoms with van der Waals surface area (Å²) >= 11 is 5.85. The maximum absolute atomic E-state index is 10.9. The molecule has 0 aliphatic carbocycles. The van der Waals surface area contributed by atoms with Gasteiger partial charge in [0, 0.05) is 23.7 Å². The van der Waals surface area contributed by atoms with Crippen LogP contribution in [0.25, 0.3) is 5.69 Å². The number of nitrogens with zero attached hydrogens (tertiary/aromatic N) is 2. The van der Waals surface area contributed by atoms with Crippen molar-refractivity contribution in [3.8, 4) is 5.69 Å². The number of rotatable bonds is 2. The molecule has 1 aromatic heterocycles. The number of fused-ring (bicyclic) bond motifs is 1. The zero-order valence-corrected chi connectivity index (χ0v) is 9.74. The minimum atomic E-state index is 0.514. The van der Waals surface area contributed by atoms with Crippen molar-refractivity contribution in [3.05, 3.63) is 46.2 Å². The van der Waals surface area contributed by atoms with Crippen molar-refractivity contribution in [2.75, 3.05) is 0 Å². The summed E-state index contributed by atoms with van der Waals surface area (Å²) in [5.74, 6) is 0. The van der Waals surface area contributed by atoms with E-state index in [1.54, 1.807) is 4.68 Å². The van der Waals surface area contributed by atoms with Crippen molar-refractivity contribution in [2.24, 2.45) is 0 Å². The molecule has 0 radical (unpaired) electrons. The monoisotopic (exact) mass is 247 g/mol. The second-order valence-electron chi connectivity index (χ2n) is 3.92. The number of aromatic nitrogens is 2. The first kappa shape index (κ1) is 10.5. The standard InChI is InChI=1S/C12H10ClN3O/c13-8-1-3-9(4-2-8)16-12-6-14-5-10(12)11(7-17)15-16/h1-4,7,14H,5-6H2. The summed E-state index contributed by atoms with van der Waals surface area (Å²) in [7, 11) is 0. The summed E-state index contributed by atoms with van der Waals surface area (Å²) in [5, 5.41) is 8.22. The number of halogens is 1. The van der Waals surface area contributed by atoms with Gasteiger partial charge in [0.2, 0.25) is 0 Å². The van der Waals surface area contributed by atoms with Crippen molar-refractivity contribution < 1.29 is 4.79 Å². The van der Waals surface area contributed by atoms with E-state index in [4.69, 9.17) is 11.6 Å². The van der Waals surface area contributed by atoms with E-state index in [-0.39, 0.29) is 0 Å². The Labute approximate surface area is 103 Å². The summed E-state index contributed by atoms with van der Waals surface area (Å²) in [4.78, 5) is 10.9. The molecular weight excluding hydrogens is 238 g/mol. The summed E-state index contributed by atoms with van der Waals surface area (Å²) in [6, 6.07) is 7.41. The molecular formula is C12H10ClN3O. The Hall–Kier alpha value is -1.65. The van der Waals surface area contributed by atoms with Gasteiger partial charge in [0.1, 0.15) is 5.69 Å². The zero-order valence-electron chi connectivity index (χ0n) is 8.98. The van der Waals surface area contributed by atoms with Crippen LogP contribution in [0, 0.1) is 0 Å². The molecule has 0 bridgehead atoms. The van der Waals surface area contributed by atoms with Crippen molar-refractivity contribution in [1.29, 1.82) is 0 Å². The van der Waals surface area contributed by atoms with Gasteiger partial charge in [-0.25, -0.2) is 4.68 Å². The number of carbonyl (C=O) groups is 1. The first-order chi connectivity index (χ1) is 8.29. The van der Waals surface area contributed by atoms with Gasteiger partial charge in [-0.2, -0.15) is 5.10 Å². The number of hydrogen-bond acceptors (Lipinski definition) is 3. The minimum Gasteiger partial charge on any atom is -0.307 e. The fraction of sp³-hybridized carbons (Fsp3) is 0.167. The molecule has 4 nitrogen and oxygen atoms in total. The molecule has 5 heteroatoms. The first-order valence-corrected chi connectivity index (χ1v) is 5.70. The summed E-state index contributed by atoms with van der Waals surface area (Å²) in [6.45, 7) is 1.44. The fourth-order valence-corrected chi connectivity index (χ4v) is 2.20. The molecule has 2 heterocycles. The maximum atomic E-state index is 10.9. The summed E-state index contributed by atoms with van der Waals surface area (Å²) in [6.07, 6.45) is 0.804. The van der Waals surface area contributed by atoms with E-state index in [1.807, 2.05) is 24.3 Å². The van der Waals surface area contributed by atoms with Gasteiger partial charge in [0.25, 0.3) is 0 Å². The van der Waals surface area contributed by atoms with Crippen LogP contribution in [0.15, 0.2) is 24.3 Å². The van der Waals surface area contributed by atoms with Crippen LogP contribution in [0.4, 0.5) is 0 Å². The Bertz CT molecular complexity index is 574. The van der Waals surface area contributed by atoms with Crippen LogP contribution in [0.1, 0.15) is 21.7 Å². The van der Waals surface area contributed by atoms with E-state index in [9.17, 15) is 4.79 Å². The van der Waals surface area contributed by atoms with E-state index >= 15 is 0 Å². The summed E-state index contributed by atoms with van der Waals surface area (Å²) < 4.78 is 1.80. The molecule has 1 aliphatic heterocycles. The van der Waals surface area contributed by atoms with Gasteiger partial charge < -0.3 is 5.32 Å². The van der Waals surface area contributed by atoms with E-state index in [2.05, 4.69) is 10.4 Å². The molecule has 0 unspecified atom stereocenters. The molecule has 17 heavy (non-hydrogen) atoms. The van der Waals surface area contributed by atoms with Crippen LogP contribution in [-0.2, 0) is 13.1 Å². The van der Waals surface area contributed by atoms with Crippen LogP contribution in [0.2, 0.25) is 5.02 Å². The van der Waals surface area contributed by atoms with Crippen LogP contribution < -0.4 is 5.32 Å². The van der Waals surface area contributed by atoms with Crippen molar-refractivity contribution in [1.82, 2.24) is 15.1 Å². The van der Waals surface area contributed by atoms with Crippen molar-refractivity contribution in [3.63, 3.8) is 0 Å². The highest BCUT2D eigenvalue weighted by molar-refractivity contribution is 6.30. The lowest BCUT2D eigenvalue weighted by molar-refractivity contribution is 0.111. The smallest absolute Gasteiger partial charge is 0.170 e. The number of aldehydes is 1. The lowest BCUT2D eigenvalue weighted by atomic mass is 10.2. The Morgan fingerprint density at radius 2 is 2.06 bits per heavy atom. The number of hydrogen-bond donors (Lipinski definition) is 1. The normalized spacial score (nSPS) is 13.7. The molecule has 0 saturated heterocycles. The lowest BCUT2D eigenvalue weighted by Gasteiger charge is -2.05. The Morgan fingerprint density at radius 1 is 1.29 bits per heavy atom. The third kappa shape index (κ3) is 1.66. The Balaban J connectivity index is 2.15. The lowest BCUT2D eigenvalue weighted by Crippen LogP contribution is -2.08. The maximum Gasteiger partial charge on any atom is 0.170 e. The van der Waals surface area contributed by atoms with Gasteiger partial charge in [-0.1, -0.05) is 11.6 Å². The van der Waals surface area contributed by atoms with Crippen LogP contribution >= 0.6 is 11.6 Å². The van der Waals surface area contributed by atoms with Crippen LogP contribution in [-0.4, -0.2) is 16.1 Å².